The van der Waals surface area contributed by atoms with Crippen molar-refractivity contribution in [3.8, 4) is 45.7 Å². The van der Waals surface area contributed by atoms with Crippen LogP contribution in [0, 0.1) is 5.41 Å². The van der Waals surface area contributed by atoms with Crippen LogP contribution in [0.25, 0.3) is 66.9 Å². The lowest BCUT2D eigenvalue weighted by Gasteiger charge is -2.31. The van der Waals surface area contributed by atoms with E-state index in [4.69, 9.17) is 18.9 Å². The molecule has 0 fully saturated rings. The number of aromatic hydroxyl groups is 4. The highest BCUT2D eigenvalue weighted by Gasteiger charge is 2.43. The van der Waals surface area contributed by atoms with Gasteiger partial charge in [-0.1, -0.05) is 132 Å². The minimum Gasteiger partial charge on any atom is -0.506 e. The molecule has 0 amide bonds. The summed E-state index contributed by atoms with van der Waals surface area (Å²) in [6.07, 6.45) is 0. The second kappa shape index (κ2) is 20.2. The molecule has 16 rings (SSSR count). The molecule has 24 nitrogen and oxygen atoms in total. The Bertz CT molecular complexity index is 5100. The maximum absolute atomic E-state index is 15.0. The maximum atomic E-state index is 15.0. The van der Waals surface area contributed by atoms with Crippen LogP contribution in [0.1, 0.15) is 147 Å². The summed E-state index contributed by atoms with van der Waals surface area (Å²) in [5, 5.41) is 44.8. The average molecular weight is 1310 g/mol. The van der Waals surface area contributed by atoms with Crippen LogP contribution in [0.15, 0.2) is 146 Å². The van der Waals surface area contributed by atoms with E-state index < -0.39 is 55.7 Å². The van der Waals surface area contributed by atoms with Gasteiger partial charge in [0.2, 0.25) is 0 Å². The van der Waals surface area contributed by atoms with Crippen molar-refractivity contribution in [2.45, 2.75) is 105 Å². The zero-order valence-electron chi connectivity index (χ0n) is 55.6. The summed E-state index contributed by atoms with van der Waals surface area (Å²) >= 11 is 0. The predicted molar refractivity (Wildman–Crippen MR) is 360 cm³/mol. The number of carbonyl (C=O) groups is 4. The highest BCUT2D eigenvalue weighted by Crippen LogP contribution is 2.42. The molecule has 0 atom stereocenters. The van der Waals surface area contributed by atoms with Crippen molar-refractivity contribution in [3.63, 3.8) is 0 Å². The minimum absolute atomic E-state index is 0.0258. The number of hydrogen-bond acceptors (Lipinski definition) is 12. The summed E-state index contributed by atoms with van der Waals surface area (Å²) in [6, 6.07) is 42.2. The highest BCUT2D eigenvalue weighted by molar-refractivity contribution is 6.06. The van der Waals surface area contributed by atoms with Gasteiger partial charge in [-0.25, -0.2) is 19.2 Å². The Kier molecular flexibility index (Phi) is 12.6. The van der Waals surface area contributed by atoms with Gasteiger partial charge in [0.1, 0.15) is 122 Å². The molecule has 0 spiro atoms. The lowest BCUT2D eigenvalue weighted by molar-refractivity contribution is -0.0640. The number of carbonyl (C=O) groups excluding carboxylic acids is 4. The number of esters is 4. The summed E-state index contributed by atoms with van der Waals surface area (Å²) in [5.74, 6) is -3.16. The largest absolute Gasteiger partial charge is 0.506 e. The van der Waals surface area contributed by atoms with Crippen LogP contribution in [0.2, 0.25) is 0 Å². The van der Waals surface area contributed by atoms with Crippen LogP contribution in [0.5, 0.6) is 23.0 Å². The molecule has 16 aromatic rings. The van der Waals surface area contributed by atoms with E-state index in [0.717, 1.165) is 22.3 Å². The van der Waals surface area contributed by atoms with Crippen molar-refractivity contribution in [3.05, 3.63) is 190 Å². The molecule has 97 heavy (non-hydrogen) atoms. The number of rotatable bonds is 16. The lowest BCUT2D eigenvalue weighted by atomic mass is 9.87. The molecular formula is C73H72N12O12. The van der Waals surface area contributed by atoms with Gasteiger partial charge in [0.05, 0.1) is 22.3 Å². The van der Waals surface area contributed by atoms with Crippen LogP contribution in [-0.4, -0.2) is 127 Å². The number of benzene rings is 8. The number of nitrogens with zero attached hydrogens (tertiary/aromatic N) is 12. The molecule has 0 radical (unpaired) electrons. The maximum Gasteiger partial charge on any atom is 0.340 e. The molecule has 8 aromatic heterocycles. The summed E-state index contributed by atoms with van der Waals surface area (Å²) in [7, 11) is 0. The summed E-state index contributed by atoms with van der Waals surface area (Å²) in [4.78, 5) is 67.0. The molecule has 0 bridgehead atoms. The van der Waals surface area contributed by atoms with Gasteiger partial charge >= 0.3 is 23.9 Å². The van der Waals surface area contributed by atoms with E-state index in [1.54, 1.807) is 129 Å². The lowest BCUT2D eigenvalue weighted by Crippen LogP contribution is -2.44. The molecule has 496 valence electrons. The van der Waals surface area contributed by atoms with Crippen LogP contribution in [-0.2, 0) is 40.6 Å². The van der Waals surface area contributed by atoms with E-state index in [9.17, 15) is 20.4 Å². The number of phenols is 4. The van der Waals surface area contributed by atoms with Gasteiger partial charge in [-0.3, -0.25) is 0 Å². The van der Waals surface area contributed by atoms with Crippen LogP contribution in [0.3, 0.4) is 0 Å². The van der Waals surface area contributed by atoms with Crippen molar-refractivity contribution in [2.75, 3.05) is 26.4 Å². The minimum atomic E-state index is -1.85. The van der Waals surface area contributed by atoms with Crippen LogP contribution < -0.4 is 0 Å². The van der Waals surface area contributed by atoms with Crippen LogP contribution in [0.4, 0.5) is 0 Å². The highest BCUT2D eigenvalue weighted by atomic mass is 16.6. The first-order valence-electron chi connectivity index (χ1n) is 32.1. The SMILES string of the molecule is CC(C)(C)c1ccc(O)c(-n2n3c4cccc(C(=O)OCC(COC(=O)c5cccc6c5n5n(-c7cc(C(C)(C)C)ccc7O)n65)(COC(=O)c5cccc6c5n5n(-c7cc(C(C)(C)C)ccc7O)n65)COC(=O)c5cccc6c5n5n(-c7cc(C(C)(C)C)ccc7O)n65)c4n23)c1. The van der Waals surface area contributed by atoms with Gasteiger partial charge in [0.15, 0.2) is 0 Å². The van der Waals surface area contributed by atoms with Gasteiger partial charge in [-0.05, 0) is 141 Å². The quantitative estimate of drug-likeness (QED) is 0.0522. The van der Waals surface area contributed by atoms with Crippen molar-refractivity contribution < 1.29 is 58.6 Å². The molecule has 0 aliphatic carbocycles. The third-order valence-corrected chi connectivity index (χ3v) is 18.9. The number of para-hydroxylation sites is 4. The smallest absolute Gasteiger partial charge is 0.340 e. The normalized spacial score (nSPS) is 13.2. The Morgan fingerprint density at radius 3 is 0.701 bits per heavy atom. The van der Waals surface area contributed by atoms with E-state index in [0.29, 0.717) is 66.9 Å². The van der Waals surface area contributed by atoms with Crippen molar-refractivity contribution >= 4 is 68.0 Å². The first-order chi connectivity index (χ1) is 46.0. The average Bonchev–Trinajstić information content (AvgIpc) is 1.53. The molecule has 0 aliphatic heterocycles. The van der Waals surface area contributed by atoms with E-state index in [-0.39, 0.29) is 66.9 Å². The molecule has 24 heteroatoms. The molecule has 0 aliphatic rings. The summed E-state index contributed by atoms with van der Waals surface area (Å²) in [5.41, 5.74) is 8.14. The standard InChI is InChI=1S/C73H72N12O12/c1-69(2,3)41-25-29-57(86)53(33-41)78-74-49-21-13-17-45(61(49)82(74)78)65(90)94-37-73(38-95-66(91)46-18-14-22-50-62(46)83-75(50)79(83)54-34-42(70(4,5)6)26-30-58(54)87,39-96-67(92)47-19-15-23-51-63(47)84-76(51)80(84)55-35-43(71(7,8)9)27-31-59(55)88)40-97-68(93)48-20-16-24-52-64(48)85-77(52)81(85)56-36-44(72(10,11)12)28-32-60(56)89/h13-36,86-89H,37-40H2,1-12H3. The molecule has 4 N–H and O–H groups in total. The van der Waals surface area contributed by atoms with Gasteiger partial charge in [-0.15, -0.1) is 56.2 Å². The molecule has 0 saturated heterocycles. The predicted octanol–water partition coefficient (Wildman–Crippen LogP) is 12.3. The second-order valence-electron chi connectivity index (χ2n) is 29.8. The number of ether oxygens (including phenoxy) is 4. The first-order valence-corrected chi connectivity index (χ1v) is 32.1. The fourth-order valence-corrected chi connectivity index (χ4v) is 13.0. The third-order valence-electron chi connectivity index (χ3n) is 18.9. The zero-order valence-corrected chi connectivity index (χ0v) is 55.6. The molecule has 0 unspecified atom stereocenters. The zero-order chi connectivity index (χ0) is 68.2. The monoisotopic (exact) mass is 1310 g/mol. The fraction of sp³-hybridized carbons (Fsp3) is 0.288. The fourth-order valence-electron chi connectivity index (χ4n) is 13.0. The van der Waals surface area contributed by atoms with Gasteiger partial charge < -0.3 is 39.4 Å². The molecule has 0 saturated carbocycles. The molecule has 8 aromatic carbocycles. The Hall–Kier alpha value is -11.6. The van der Waals surface area contributed by atoms with Crippen molar-refractivity contribution in [2.24, 2.45) is 5.41 Å². The Morgan fingerprint density at radius 1 is 0.299 bits per heavy atom. The first kappa shape index (κ1) is 60.4. The van der Waals surface area contributed by atoms with E-state index in [2.05, 4.69) is 83.1 Å². The van der Waals surface area contributed by atoms with E-state index in [1.165, 1.54) is 0 Å². The number of phenolic OH excluding ortho intramolecular Hbond substituents is 4. The third kappa shape index (κ3) is 9.30. The number of hydrogen-bond donors (Lipinski definition) is 4. The van der Waals surface area contributed by atoms with E-state index in [1.807, 2.05) is 72.8 Å². The van der Waals surface area contributed by atoms with Gasteiger partial charge in [0.25, 0.3) is 0 Å². The topological polar surface area (TPSA) is 241 Å². The van der Waals surface area contributed by atoms with Gasteiger partial charge in [-0.2, -0.15) is 0 Å². The van der Waals surface area contributed by atoms with E-state index >= 15 is 19.2 Å². The van der Waals surface area contributed by atoms with Crippen molar-refractivity contribution in [1.29, 1.82) is 0 Å². The number of aromatic nitrogens is 12. The Morgan fingerprint density at radius 2 is 0.505 bits per heavy atom. The molecular weight excluding hydrogens is 1240 g/mol. The summed E-state index contributed by atoms with van der Waals surface area (Å²) in [6.45, 7) is 22.3. The summed E-state index contributed by atoms with van der Waals surface area (Å²) < 4.78 is 39.6. The second-order valence-corrected chi connectivity index (χ2v) is 29.8. The van der Waals surface area contributed by atoms with Gasteiger partial charge in [0, 0.05) is 0 Å². The molecule has 8 heterocycles. The Labute approximate surface area is 552 Å². The van der Waals surface area contributed by atoms with Crippen LogP contribution >= 0.6 is 0 Å². The Balaban J connectivity index is 0.773. The van der Waals surface area contributed by atoms with Crippen molar-refractivity contribution in [1.82, 2.24) is 56.2 Å². The number of fused-ring (bicyclic) bond motifs is 16.